The Morgan fingerprint density at radius 1 is 1.10 bits per heavy atom. The van der Waals surface area contributed by atoms with Gasteiger partial charge in [-0.25, -0.2) is 4.68 Å². The van der Waals surface area contributed by atoms with E-state index >= 15 is 0 Å². The van der Waals surface area contributed by atoms with Crippen LogP contribution in [0.25, 0.3) is 5.69 Å². The number of aromatic nitrogens is 2. The minimum absolute atomic E-state index is 0.00965. The van der Waals surface area contributed by atoms with E-state index < -0.39 is 0 Å². The molecule has 0 spiro atoms. The van der Waals surface area contributed by atoms with Crippen LogP contribution in [0.5, 0.6) is 0 Å². The van der Waals surface area contributed by atoms with E-state index in [9.17, 15) is 9.59 Å². The van der Waals surface area contributed by atoms with E-state index in [2.05, 4.69) is 22.5 Å². The smallest absolute Gasteiger partial charge is 0.263 e. The van der Waals surface area contributed by atoms with Gasteiger partial charge in [-0.05, 0) is 54.5 Å². The summed E-state index contributed by atoms with van der Waals surface area (Å²) < 4.78 is 1.82. The molecule has 2 amide bonds. The van der Waals surface area contributed by atoms with Gasteiger partial charge in [-0.15, -0.1) is 11.3 Å². The van der Waals surface area contributed by atoms with Crippen molar-refractivity contribution in [1.29, 1.82) is 0 Å². The Balaban J connectivity index is 1.20. The first kappa shape index (κ1) is 19.4. The van der Waals surface area contributed by atoms with E-state index in [1.807, 2.05) is 51.5 Å². The molecular weight excluding hydrogens is 384 g/mol. The zero-order valence-corrected chi connectivity index (χ0v) is 17.0. The van der Waals surface area contributed by atoms with Crippen LogP contribution < -0.4 is 5.32 Å². The SMILES string of the molecule is O=C(NCCc1ccc(-n2cccn2)cc1)C1CCN(C(=O)c2cccs2)CC1. The third kappa shape index (κ3) is 4.74. The van der Waals surface area contributed by atoms with Crippen molar-refractivity contribution in [3.8, 4) is 5.69 Å². The summed E-state index contributed by atoms with van der Waals surface area (Å²) in [5.74, 6) is 0.170. The number of amides is 2. The summed E-state index contributed by atoms with van der Waals surface area (Å²) in [7, 11) is 0. The van der Waals surface area contributed by atoms with E-state index in [1.165, 1.54) is 16.9 Å². The first-order valence-corrected chi connectivity index (χ1v) is 10.8. The number of hydrogen-bond donors (Lipinski definition) is 1. The van der Waals surface area contributed by atoms with Gasteiger partial charge < -0.3 is 10.2 Å². The van der Waals surface area contributed by atoms with Crippen molar-refractivity contribution in [3.05, 3.63) is 70.7 Å². The summed E-state index contributed by atoms with van der Waals surface area (Å²) in [6.07, 6.45) is 5.91. The monoisotopic (exact) mass is 408 g/mol. The lowest BCUT2D eigenvalue weighted by Crippen LogP contribution is -2.43. The number of rotatable bonds is 6. The van der Waals surface area contributed by atoms with E-state index in [4.69, 9.17) is 0 Å². The van der Waals surface area contributed by atoms with Gasteiger partial charge >= 0.3 is 0 Å². The molecule has 0 radical (unpaired) electrons. The Labute approximate surface area is 174 Å². The summed E-state index contributed by atoms with van der Waals surface area (Å²) in [4.78, 5) is 27.5. The summed E-state index contributed by atoms with van der Waals surface area (Å²) >= 11 is 1.47. The van der Waals surface area contributed by atoms with E-state index in [-0.39, 0.29) is 17.7 Å². The molecule has 1 saturated heterocycles. The van der Waals surface area contributed by atoms with Crippen molar-refractivity contribution < 1.29 is 9.59 Å². The van der Waals surface area contributed by atoms with Crippen LogP contribution in [0, 0.1) is 5.92 Å². The van der Waals surface area contributed by atoms with Crippen molar-refractivity contribution in [2.24, 2.45) is 5.92 Å². The molecule has 3 aromatic rings. The third-order valence-electron chi connectivity index (χ3n) is 5.30. The number of likely N-dealkylation sites (tertiary alicyclic amines) is 1. The zero-order chi connectivity index (χ0) is 20.1. The molecule has 4 rings (SSSR count). The molecule has 1 aromatic carbocycles. The van der Waals surface area contributed by atoms with Crippen LogP contribution >= 0.6 is 11.3 Å². The van der Waals surface area contributed by atoms with Gasteiger partial charge in [0.05, 0.1) is 10.6 Å². The Hall–Kier alpha value is -2.93. The summed E-state index contributed by atoms with van der Waals surface area (Å²) in [5, 5.41) is 9.19. The van der Waals surface area contributed by atoms with E-state index in [0.29, 0.717) is 19.6 Å². The topological polar surface area (TPSA) is 67.2 Å². The van der Waals surface area contributed by atoms with E-state index in [0.717, 1.165) is 29.8 Å². The Bertz CT molecular complexity index is 928. The Morgan fingerprint density at radius 3 is 2.55 bits per heavy atom. The molecule has 1 N–H and O–H groups in total. The molecule has 29 heavy (non-hydrogen) atoms. The fourth-order valence-corrected chi connectivity index (χ4v) is 4.30. The minimum atomic E-state index is -0.00965. The van der Waals surface area contributed by atoms with Crippen LogP contribution in [-0.4, -0.2) is 46.1 Å². The van der Waals surface area contributed by atoms with Gasteiger partial charge in [0.25, 0.3) is 5.91 Å². The van der Waals surface area contributed by atoms with Crippen LogP contribution in [0.4, 0.5) is 0 Å². The second-order valence-electron chi connectivity index (χ2n) is 7.20. The van der Waals surface area contributed by atoms with Gasteiger partial charge in [0.2, 0.25) is 5.91 Å². The van der Waals surface area contributed by atoms with Crippen LogP contribution in [0.3, 0.4) is 0 Å². The average molecular weight is 409 g/mol. The molecule has 1 aliphatic rings. The lowest BCUT2D eigenvalue weighted by molar-refractivity contribution is -0.126. The van der Waals surface area contributed by atoms with Crippen LogP contribution in [0.2, 0.25) is 0 Å². The number of carbonyl (C=O) groups is 2. The first-order chi connectivity index (χ1) is 14.2. The predicted molar refractivity (Wildman–Crippen MR) is 113 cm³/mol. The number of thiophene rings is 1. The van der Waals surface area contributed by atoms with Gasteiger partial charge in [0.15, 0.2) is 0 Å². The zero-order valence-electron chi connectivity index (χ0n) is 16.2. The number of nitrogens with one attached hydrogen (secondary N) is 1. The fourth-order valence-electron chi connectivity index (χ4n) is 3.61. The highest BCUT2D eigenvalue weighted by atomic mass is 32.1. The molecule has 0 unspecified atom stereocenters. The molecule has 6 nitrogen and oxygen atoms in total. The molecule has 1 fully saturated rings. The molecule has 3 heterocycles. The molecule has 150 valence electrons. The van der Waals surface area contributed by atoms with Gasteiger partial charge in [-0.2, -0.15) is 5.10 Å². The van der Waals surface area contributed by atoms with Crippen molar-refractivity contribution in [3.63, 3.8) is 0 Å². The maximum Gasteiger partial charge on any atom is 0.263 e. The second kappa shape index (κ2) is 9.05. The van der Waals surface area contributed by atoms with Crippen LogP contribution in [0.15, 0.2) is 60.2 Å². The number of piperidine rings is 1. The molecule has 0 saturated carbocycles. The highest BCUT2D eigenvalue weighted by molar-refractivity contribution is 7.12. The highest BCUT2D eigenvalue weighted by Crippen LogP contribution is 2.21. The molecule has 0 bridgehead atoms. The fraction of sp³-hybridized carbons (Fsp3) is 0.318. The maximum absolute atomic E-state index is 12.5. The number of nitrogens with zero attached hydrogens (tertiary/aromatic N) is 3. The molecular formula is C22H24N4O2S. The number of carbonyl (C=O) groups excluding carboxylic acids is 2. The van der Waals surface area contributed by atoms with Crippen LogP contribution in [0.1, 0.15) is 28.1 Å². The molecule has 0 aliphatic carbocycles. The number of hydrogen-bond acceptors (Lipinski definition) is 4. The van der Waals surface area contributed by atoms with Gasteiger partial charge in [0, 0.05) is 37.9 Å². The summed E-state index contributed by atoms with van der Waals surface area (Å²) in [5.41, 5.74) is 2.20. The molecule has 1 aliphatic heterocycles. The minimum Gasteiger partial charge on any atom is -0.356 e. The first-order valence-electron chi connectivity index (χ1n) is 9.90. The second-order valence-corrected chi connectivity index (χ2v) is 8.15. The highest BCUT2D eigenvalue weighted by Gasteiger charge is 2.27. The summed E-state index contributed by atoms with van der Waals surface area (Å²) in [6.45, 7) is 1.90. The van der Waals surface area contributed by atoms with Gasteiger partial charge in [0.1, 0.15) is 0 Å². The van der Waals surface area contributed by atoms with Crippen molar-refractivity contribution in [2.75, 3.05) is 19.6 Å². The lowest BCUT2D eigenvalue weighted by Gasteiger charge is -2.31. The quantitative estimate of drug-likeness (QED) is 0.681. The maximum atomic E-state index is 12.5. The number of benzene rings is 1. The van der Waals surface area contributed by atoms with Crippen LogP contribution in [-0.2, 0) is 11.2 Å². The largest absolute Gasteiger partial charge is 0.356 e. The molecule has 2 aromatic heterocycles. The van der Waals surface area contributed by atoms with Crippen molar-refractivity contribution in [2.45, 2.75) is 19.3 Å². The predicted octanol–water partition coefficient (Wildman–Crippen LogP) is 3.14. The van der Waals surface area contributed by atoms with Crippen molar-refractivity contribution in [1.82, 2.24) is 20.0 Å². The Morgan fingerprint density at radius 2 is 1.90 bits per heavy atom. The average Bonchev–Trinajstić information content (AvgIpc) is 3.48. The van der Waals surface area contributed by atoms with Gasteiger partial charge in [-0.1, -0.05) is 18.2 Å². The third-order valence-corrected chi connectivity index (χ3v) is 6.16. The molecule has 7 heteroatoms. The summed E-state index contributed by atoms with van der Waals surface area (Å²) in [6, 6.07) is 13.8. The normalized spacial score (nSPS) is 14.7. The van der Waals surface area contributed by atoms with Gasteiger partial charge in [-0.3, -0.25) is 9.59 Å². The standard InChI is InChI=1S/C22H24N4O2S/c27-21(18-9-14-25(15-10-18)22(28)20-3-1-16-29-20)23-12-8-17-4-6-19(7-5-17)26-13-2-11-24-26/h1-7,11,13,16,18H,8-10,12,14-15H2,(H,23,27). The molecule has 0 atom stereocenters. The van der Waals surface area contributed by atoms with Crippen molar-refractivity contribution >= 4 is 23.2 Å². The van der Waals surface area contributed by atoms with E-state index in [1.54, 1.807) is 6.20 Å². The lowest BCUT2D eigenvalue weighted by atomic mass is 9.95. The Kier molecular flexibility index (Phi) is 6.05.